The molecule has 0 radical (unpaired) electrons. The summed E-state index contributed by atoms with van der Waals surface area (Å²) < 4.78 is 1.14. The highest BCUT2D eigenvalue weighted by Crippen LogP contribution is 2.28. The molecule has 1 amide bonds. The summed E-state index contributed by atoms with van der Waals surface area (Å²) in [6, 6.07) is 5.85. The zero-order valence-electron chi connectivity index (χ0n) is 11.0. The van der Waals surface area contributed by atoms with Crippen LogP contribution in [0.15, 0.2) is 18.2 Å². The number of aromatic nitrogens is 1. The first-order valence-electron chi connectivity index (χ1n) is 5.83. The van der Waals surface area contributed by atoms with E-state index in [1.165, 1.54) is 0 Å². The summed E-state index contributed by atoms with van der Waals surface area (Å²) in [5.74, 6) is 0.0472. The van der Waals surface area contributed by atoms with Gasteiger partial charge in [0.2, 0.25) is 5.91 Å². The second-order valence-corrected chi connectivity index (χ2v) is 5.57. The molecular weight excluding hydrogens is 246 g/mol. The van der Waals surface area contributed by atoms with Crippen molar-refractivity contribution in [1.82, 2.24) is 9.88 Å². The summed E-state index contributed by atoms with van der Waals surface area (Å²) in [5.41, 5.74) is 2.16. The molecule has 0 saturated heterocycles. The van der Waals surface area contributed by atoms with Gasteiger partial charge in [0.25, 0.3) is 0 Å². The Hall–Kier alpha value is -1.62. The van der Waals surface area contributed by atoms with Gasteiger partial charge in [0.1, 0.15) is 6.04 Å². The highest BCUT2D eigenvalue weighted by Gasteiger charge is 2.16. The lowest BCUT2D eigenvalue weighted by Crippen LogP contribution is -2.36. The number of thiazole rings is 1. The number of benzene rings is 1. The normalized spacial score (nSPS) is 12.4. The average Bonchev–Trinajstić information content (AvgIpc) is 2.71. The van der Waals surface area contributed by atoms with Crippen LogP contribution in [0.5, 0.6) is 0 Å². The number of hydrogen-bond acceptors (Lipinski definition) is 4. The summed E-state index contributed by atoms with van der Waals surface area (Å²) in [6.45, 7) is 3.89. The molecule has 96 valence electrons. The van der Waals surface area contributed by atoms with Gasteiger partial charge in [-0.2, -0.15) is 0 Å². The first kappa shape index (κ1) is 12.8. The number of anilines is 1. The van der Waals surface area contributed by atoms with Crippen molar-refractivity contribution in [2.45, 2.75) is 19.9 Å². The number of carbonyl (C=O) groups is 1. The van der Waals surface area contributed by atoms with Crippen LogP contribution >= 0.6 is 11.3 Å². The SMILES string of the molecule is Cc1cccc2sc(NC(C)C(=O)N(C)C)nc12. The molecule has 18 heavy (non-hydrogen) atoms. The van der Waals surface area contributed by atoms with Gasteiger partial charge in [-0.1, -0.05) is 23.5 Å². The van der Waals surface area contributed by atoms with E-state index in [2.05, 4.69) is 10.3 Å². The standard InChI is InChI=1S/C13H17N3OS/c1-8-6-5-7-10-11(8)15-13(18-10)14-9(2)12(17)16(3)4/h5-7,9H,1-4H3,(H,14,15). The molecule has 0 aliphatic rings. The minimum atomic E-state index is -0.263. The largest absolute Gasteiger partial charge is 0.350 e. The average molecular weight is 263 g/mol. The molecule has 5 heteroatoms. The van der Waals surface area contributed by atoms with E-state index in [1.807, 2.05) is 32.0 Å². The van der Waals surface area contributed by atoms with Crippen molar-refractivity contribution in [1.29, 1.82) is 0 Å². The maximum atomic E-state index is 11.8. The van der Waals surface area contributed by atoms with Gasteiger partial charge in [-0.25, -0.2) is 4.98 Å². The Morgan fingerprint density at radius 2 is 2.17 bits per heavy atom. The van der Waals surface area contributed by atoms with Crippen molar-refractivity contribution in [2.24, 2.45) is 0 Å². The van der Waals surface area contributed by atoms with Crippen LogP contribution in [0.1, 0.15) is 12.5 Å². The van der Waals surface area contributed by atoms with Gasteiger partial charge in [-0.15, -0.1) is 0 Å². The van der Waals surface area contributed by atoms with Crippen LogP contribution in [0.4, 0.5) is 5.13 Å². The maximum Gasteiger partial charge on any atom is 0.244 e. The molecule has 1 N–H and O–H groups in total. The molecule has 1 unspecified atom stereocenters. The fourth-order valence-corrected chi connectivity index (χ4v) is 2.81. The van der Waals surface area contributed by atoms with Crippen molar-refractivity contribution >= 4 is 32.6 Å². The predicted octanol–water partition coefficient (Wildman–Crippen LogP) is 2.49. The number of likely N-dealkylation sites (N-methyl/N-ethyl adjacent to an activating group) is 1. The van der Waals surface area contributed by atoms with Crippen molar-refractivity contribution in [3.8, 4) is 0 Å². The third-order valence-electron chi connectivity index (χ3n) is 2.77. The van der Waals surface area contributed by atoms with E-state index in [4.69, 9.17) is 0 Å². The van der Waals surface area contributed by atoms with Crippen LogP contribution in [-0.4, -0.2) is 35.9 Å². The minimum Gasteiger partial charge on any atom is -0.350 e. The number of amides is 1. The Kier molecular flexibility index (Phi) is 3.52. The highest BCUT2D eigenvalue weighted by molar-refractivity contribution is 7.22. The molecule has 0 bridgehead atoms. The molecule has 1 heterocycles. The topological polar surface area (TPSA) is 45.2 Å². The first-order valence-corrected chi connectivity index (χ1v) is 6.64. The zero-order chi connectivity index (χ0) is 13.3. The van der Waals surface area contributed by atoms with E-state index in [9.17, 15) is 4.79 Å². The zero-order valence-corrected chi connectivity index (χ0v) is 11.8. The summed E-state index contributed by atoms with van der Waals surface area (Å²) in [6.07, 6.45) is 0. The van der Waals surface area contributed by atoms with E-state index < -0.39 is 0 Å². The van der Waals surface area contributed by atoms with Gasteiger partial charge in [-0.3, -0.25) is 4.79 Å². The Labute approximate surface area is 111 Å². The highest BCUT2D eigenvalue weighted by atomic mass is 32.1. The number of carbonyl (C=O) groups excluding carboxylic acids is 1. The van der Waals surface area contributed by atoms with Gasteiger partial charge in [0.05, 0.1) is 10.2 Å². The Bertz CT molecular complexity index is 577. The lowest BCUT2D eigenvalue weighted by atomic mass is 10.2. The number of hydrogen-bond donors (Lipinski definition) is 1. The van der Waals surface area contributed by atoms with Gasteiger partial charge < -0.3 is 10.2 Å². The van der Waals surface area contributed by atoms with Gasteiger partial charge in [-0.05, 0) is 25.5 Å². The summed E-state index contributed by atoms with van der Waals surface area (Å²) in [7, 11) is 3.51. The number of para-hydroxylation sites is 1. The fourth-order valence-electron chi connectivity index (χ4n) is 1.78. The molecule has 0 saturated carbocycles. The first-order chi connectivity index (χ1) is 8.49. The Morgan fingerprint density at radius 3 is 2.78 bits per heavy atom. The third kappa shape index (κ3) is 2.46. The van der Waals surface area contributed by atoms with E-state index >= 15 is 0 Å². The summed E-state index contributed by atoms with van der Waals surface area (Å²) in [4.78, 5) is 17.9. The molecule has 0 aliphatic carbocycles. The molecule has 2 rings (SSSR count). The van der Waals surface area contributed by atoms with Crippen LogP contribution in [0.2, 0.25) is 0 Å². The maximum absolute atomic E-state index is 11.8. The number of aryl methyl sites for hydroxylation is 1. The quantitative estimate of drug-likeness (QED) is 0.925. The molecule has 4 nitrogen and oxygen atoms in total. The predicted molar refractivity (Wildman–Crippen MR) is 76.1 cm³/mol. The van der Waals surface area contributed by atoms with Crippen LogP contribution < -0.4 is 5.32 Å². The molecule has 1 aromatic carbocycles. The van der Waals surface area contributed by atoms with E-state index in [0.717, 1.165) is 20.9 Å². The molecule has 0 spiro atoms. The second kappa shape index (κ2) is 4.94. The number of nitrogens with zero attached hydrogens (tertiary/aromatic N) is 2. The number of fused-ring (bicyclic) bond motifs is 1. The molecular formula is C13H17N3OS. The van der Waals surface area contributed by atoms with E-state index in [1.54, 1.807) is 30.3 Å². The second-order valence-electron chi connectivity index (χ2n) is 4.54. The monoisotopic (exact) mass is 263 g/mol. The number of rotatable bonds is 3. The molecule has 0 fully saturated rings. The minimum absolute atomic E-state index is 0.0472. The molecule has 0 aliphatic heterocycles. The van der Waals surface area contributed by atoms with Crippen LogP contribution in [0, 0.1) is 6.92 Å². The lowest BCUT2D eigenvalue weighted by Gasteiger charge is -2.17. The van der Waals surface area contributed by atoms with Gasteiger partial charge >= 0.3 is 0 Å². The van der Waals surface area contributed by atoms with E-state index in [-0.39, 0.29) is 11.9 Å². The van der Waals surface area contributed by atoms with Crippen molar-refractivity contribution < 1.29 is 4.79 Å². The van der Waals surface area contributed by atoms with Crippen molar-refractivity contribution in [3.05, 3.63) is 23.8 Å². The smallest absolute Gasteiger partial charge is 0.244 e. The summed E-state index contributed by atoms with van der Waals surface area (Å²) >= 11 is 1.58. The molecule has 1 atom stereocenters. The third-order valence-corrected chi connectivity index (χ3v) is 3.72. The Balaban J connectivity index is 2.22. The van der Waals surface area contributed by atoms with Crippen molar-refractivity contribution in [2.75, 3.05) is 19.4 Å². The Morgan fingerprint density at radius 1 is 1.44 bits per heavy atom. The van der Waals surface area contributed by atoms with Crippen LogP contribution in [0.25, 0.3) is 10.2 Å². The summed E-state index contributed by atoms with van der Waals surface area (Å²) in [5, 5.41) is 3.95. The number of nitrogens with one attached hydrogen (secondary N) is 1. The van der Waals surface area contributed by atoms with Gasteiger partial charge in [0.15, 0.2) is 5.13 Å². The molecule has 2 aromatic rings. The van der Waals surface area contributed by atoms with Crippen LogP contribution in [0.3, 0.4) is 0 Å². The van der Waals surface area contributed by atoms with E-state index in [0.29, 0.717) is 0 Å². The lowest BCUT2D eigenvalue weighted by molar-refractivity contribution is -0.129. The fraction of sp³-hybridized carbons (Fsp3) is 0.385. The molecule has 1 aromatic heterocycles. The van der Waals surface area contributed by atoms with Gasteiger partial charge in [0, 0.05) is 14.1 Å². The van der Waals surface area contributed by atoms with Crippen LogP contribution in [-0.2, 0) is 4.79 Å². The van der Waals surface area contributed by atoms with Crippen molar-refractivity contribution in [3.63, 3.8) is 0 Å².